The van der Waals surface area contributed by atoms with Crippen molar-refractivity contribution in [3.05, 3.63) is 64.7 Å². The Bertz CT molecular complexity index is 745. The van der Waals surface area contributed by atoms with Crippen LogP contribution in [0.1, 0.15) is 35.1 Å². The van der Waals surface area contributed by atoms with Crippen LogP contribution in [0.25, 0.3) is 0 Å². The number of aryl methyl sites for hydroxylation is 3. The Morgan fingerprint density at radius 2 is 1.76 bits per heavy atom. The van der Waals surface area contributed by atoms with Crippen LogP contribution in [0.4, 0.5) is 5.69 Å². The summed E-state index contributed by atoms with van der Waals surface area (Å²) in [7, 11) is 0. The summed E-state index contributed by atoms with van der Waals surface area (Å²) >= 11 is 0. The number of carbonyl (C=O) groups excluding carboxylic acids is 1. The zero-order chi connectivity index (χ0) is 17.8. The molecule has 1 heterocycles. The van der Waals surface area contributed by atoms with Crippen molar-refractivity contribution in [3.63, 3.8) is 0 Å². The quantitative estimate of drug-likeness (QED) is 0.894. The number of hydrogen-bond acceptors (Lipinski definition) is 2. The third kappa shape index (κ3) is 4.70. The minimum Gasteiger partial charge on any atom is -0.326 e. The first-order valence-corrected chi connectivity index (χ1v) is 9.17. The molecule has 0 aliphatic carbocycles. The van der Waals surface area contributed by atoms with Gasteiger partial charge in [-0.05, 0) is 69.5 Å². The second-order valence-electron chi connectivity index (χ2n) is 7.35. The summed E-state index contributed by atoms with van der Waals surface area (Å²) in [5.41, 5.74) is 5.91. The molecule has 1 N–H and O–H groups in total. The Morgan fingerprint density at radius 1 is 1.04 bits per heavy atom. The van der Waals surface area contributed by atoms with Gasteiger partial charge in [0.1, 0.15) is 0 Å². The largest absolute Gasteiger partial charge is 0.326 e. The molecule has 0 bridgehead atoms. The topological polar surface area (TPSA) is 32.3 Å². The van der Waals surface area contributed by atoms with Crippen molar-refractivity contribution in [2.75, 3.05) is 18.4 Å². The molecule has 0 radical (unpaired) electrons. The van der Waals surface area contributed by atoms with Crippen molar-refractivity contribution in [1.82, 2.24) is 4.90 Å². The SMILES string of the molecule is Cc1cccc(CN2CCC(C(=O)Nc3cc(C)ccc3C)CC2)c1. The lowest BCUT2D eigenvalue weighted by Gasteiger charge is -2.31. The van der Waals surface area contributed by atoms with Gasteiger partial charge in [0.25, 0.3) is 0 Å². The van der Waals surface area contributed by atoms with Crippen LogP contribution in [0.3, 0.4) is 0 Å². The summed E-state index contributed by atoms with van der Waals surface area (Å²) in [6, 6.07) is 14.9. The standard InChI is InChI=1S/C22H28N2O/c1-16-5-4-6-19(13-16)15-24-11-9-20(10-12-24)22(25)23-21-14-17(2)7-8-18(21)3/h4-8,13-14,20H,9-12,15H2,1-3H3,(H,23,25). The number of amides is 1. The zero-order valence-electron chi connectivity index (χ0n) is 15.5. The Morgan fingerprint density at radius 3 is 2.48 bits per heavy atom. The number of nitrogens with zero attached hydrogens (tertiary/aromatic N) is 1. The third-order valence-corrected chi connectivity index (χ3v) is 5.10. The first-order valence-electron chi connectivity index (χ1n) is 9.17. The average Bonchev–Trinajstić information content (AvgIpc) is 2.59. The number of rotatable bonds is 4. The summed E-state index contributed by atoms with van der Waals surface area (Å²) in [5.74, 6) is 0.289. The lowest BCUT2D eigenvalue weighted by Crippen LogP contribution is -2.37. The third-order valence-electron chi connectivity index (χ3n) is 5.10. The number of hydrogen-bond donors (Lipinski definition) is 1. The van der Waals surface area contributed by atoms with Crippen molar-refractivity contribution >= 4 is 11.6 Å². The van der Waals surface area contributed by atoms with Gasteiger partial charge in [0.15, 0.2) is 0 Å². The van der Waals surface area contributed by atoms with E-state index in [0.717, 1.165) is 43.7 Å². The smallest absolute Gasteiger partial charge is 0.227 e. The highest BCUT2D eigenvalue weighted by atomic mass is 16.1. The fourth-order valence-corrected chi connectivity index (χ4v) is 3.53. The fourth-order valence-electron chi connectivity index (χ4n) is 3.53. The number of nitrogens with one attached hydrogen (secondary N) is 1. The van der Waals surface area contributed by atoms with Crippen LogP contribution >= 0.6 is 0 Å². The van der Waals surface area contributed by atoms with Crippen LogP contribution in [0.2, 0.25) is 0 Å². The van der Waals surface area contributed by atoms with E-state index in [-0.39, 0.29) is 11.8 Å². The molecule has 2 aromatic rings. The van der Waals surface area contributed by atoms with Gasteiger partial charge in [0.05, 0.1) is 0 Å². The van der Waals surface area contributed by atoms with Crippen LogP contribution < -0.4 is 5.32 Å². The van der Waals surface area contributed by atoms with E-state index in [1.807, 2.05) is 6.92 Å². The molecule has 0 aromatic heterocycles. The van der Waals surface area contributed by atoms with Gasteiger partial charge in [-0.1, -0.05) is 42.0 Å². The lowest BCUT2D eigenvalue weighted by atomic mass is 9.95. The van der Waals surface area contributed by atoms with Gasteiger partial charge in [-0.3, -0.25) is 9.69 Å². The number of carbonyl (C=O) groups is 1. The van der Waals surface area contributed by atoms with E-state index in [1.54, 1.807) is 0 Å². The molecule has 1 fully saturated rings. The van der Waals surface area contributed by atoms with Crippen molar-refractivity contribution in [2.24, 2.45) is 5.92 Å². The van der Waals surface area contributed by atoms with E-state index in [4.69, 9.17) is 0 Å². The monoisotopic (exact) mass is 336 g/mol. The molecule has 3 nitrogen and oxygen atoms in total. The molecule has 3 rings (SSSR count). The number of piperidine rings is 1. The molecule has 1 aliphatic rings. The van der Waals surface area contributed by atoms with E-state index in [9.17, 15) is 4.79 Å². The van der Waals surface area contributed by atoms with E-state index >= 15 is 0 Å². The molecular formula is C22H28N2O. The van der Waals surface area contributed by atoms with E-state index < -0.39 is 0 Å². The minimum atomic E-state index is 0.119. The molecule has 0 unspecified atom stereocenters. The lowest BCUT2D eigenvalue weighted by molar-refractivity contribution is -0.121. The van der Waals surface area contributed by atoms with Gasteiger partial charge in [0, 0.05) is 18.2 Å². The van der Waals surface area contributed by atoms with Crippen LogP contribution in [0, 0.1) is 26.7 Å². The van der Waals surface area contributed by atoms with Crippen LogP contribution in [0.15, 0.2) is 42.5 Å². The maximum atomic E-state index is 12.6. The molecule has 25 heavy (non-hydrogen) atoms. The fraction of sp³-hybridized carbons (Fsp3) is 0.409. The molecule has 1 aliphatic heterocycles. The first kappa shape index (κ1) is 17.7. The highest BCUT2D eigenvalue weighted by Gasteiger charge is 2.25. The maximum absolute atomic E-state index is 12.6. The Labute approximate surface area is 151 Å². The van der Waals surface area contributed by atoms with Crippen molar-refractivity contribution < 1.29 is 4.79 Å². The molecule has 132 valence electrons. The molecule has 0 atom stereocenters. The molecule has 2 aromatic carbocycles. The summed E-state index contributed by atoms with van der Waals surface area (Å²) in [6.07, 6.45) is 1.87. The van der Waals surface area contributed by atoms with Gasteiger partial charge in [-0.15, -0.1) is 0 Å². The molecular weight excluding hydrogens is 308 g/mol. The molecule has 1 amide bonds. The minimum absolute atomic E-state index is 0.119. The second kappa shape index (κ2) is 7.83. The Kier molecular flexibility index (Phi) is 5.54. The highest BCUT2D eigenvalue weighted by Crippen LogP contribution is 2.23. The predicted molar refractivity (Wildman–Crippen MR) is 104 cm³/mol. The van der Waals surface area contributed by atoms with Crippen LogP contribution in [0.5, 0.6) is 0 Å². The highest BCUT2D eigenvalue weighted by molar-refractivity contribution is 5.93. The maximum Gasteiger partial charge on any atom is 0.227 e. The van der Waals surface area contributed by atoms with Gasteiger partial charge in [0.2, 0.25) is 5.91 Å². The summed E-state index contributed by atoms with van der Waals surface area (Å²) in [5, 5.41) is 3.14. The normalized spacial score (nSPS) is 16.0. The second-order valence-corrected chi connectivity index (χ2v) is 7.35. The summed E-state index contributed by atoms with van der Waals surface area (Å²) < 4.78 is 0. The number of anilines is 1. The predicted octanol–water partition coefficient (Wildman–Crippen LogP) is 4.46. The van der Waals surface area contributed by atoms with Crippen molar-refractivity contribution in [2.45, 2.75) is 40.2 Å². The van der Waals surface area contributed by atoms with Gasteiger partial charge < -0.3 is 5.32 Å². The molecule has 0 saturated carbocycles. The van der Waals surface area contributed by atoms with E-state index in [1.165, 1.54) is 16.7 Å². The van der Waals surface area contributed by atoms with E-state index in [2.05, 4.69) is 66.5 Å². The first-order chi connectivity index (χ1) is 12.0. The number of likely N-dealkylation sites (tertiary alicyclic amines) is 1. The van der Waals surface area contributed by atoms with Gasteiger partial charge in [-0.25, -0.2) is 0 Å². The number of benzene rings is 2. The van der Waals surface area contributed by atoms with Gasteiger partial charge in [-0.2, -0.15) is 0 Å². The van der Waals surface area contributed by atoms with Gasteiger partial charge >= 0.3 is 0 Å². The Hall–Kier alpha value is -2.13. The van der Waals surface area contributed by atoms with Crippen LogP contribution in [-0.2, 0) is 11.3 Å². The van der Waals surface area contributed by atoms with Crippen LogP contribution in [-0.4, -0.2) is 23.9 Å². The summed E-state index contributed by atoms with van der Waals surface area (Å²) in [6.45, 7) is 9.18. The zero-order valence-corrected chi connectivity index (χ0v) is 15.5. The van der Waals surface area contributed by atoms with Crippen molar-refractivity contribution in [3.8, 4) is 0 Å². The molecule has 0 spiro atoms. The van der Waals surface area contributed by atoms with E-state index in [0.29, 0.717) is 0 Å². The van der Waals surface area contributed by atoms with Crippen molar-refractivity contribution in [1.29, 1.82) is 0 Å². The average molecular weight is 336 g/mol. The molecule has 1 saturated heterocycles. The summed E-state index contributed by atoms with van der Waals surface area (Å²) in [4.78, 5) is 15.1. The molecule has 3 heteroatoms. The Balaban J connectivity index is 1.53.